The van der Waals surface area contributed by atoms with Crippen LogP contribution in [0.1, 0.15) is 12.8 Å². The number of nitrogens with two attached hydrogens (primary N) is 1. The molecule has 2 unspecified atom stereocenters. The van der Waals surface area contributed by atoms with Gasteiger partial charge in [0.1, 0.15) is 4.90 Å². The van der Waals surface area contributed by atoms with Crippen LogP contribution >= 0.6 is 0 Å². The minimum atomic E-state index is -4.02. The third-order valence-electron chi connectivity index (χ3n) is 4.42. The second kappa shape index (κ2) is 5.36. The van der Waals surface area contributed by atoms with Crippen molar-refractivity contribution >= 4 is 21.4 Å². The van der Waals surface area contributed by atoms with E-state index < -0.39 is 14.9 Å². The minimum Gasteiger partial charge on any atom is -0.370 e. The Morgan fingerprint density at radius 2 is 1.77 bits per heavy atom. The van der Waals surface area contributed by atoms with Gasteiger partial charge in [0.2, 0.25) is 10.0 Å². The van der Waals surface area contributed by atoms with Crippen LogP contribution in [0, 0.1) is 22.0 Å². The maximum absolute atomic E-state index is 11.8. The predicted octanol–water partition coefficient (Wildman–Crippen LogP) is 1.64. The lowest BCUT2D eigenvalue weighted by molar-refractivity contribution is -0.385. The Labute approximate surface area is 128 Å². The van der Waals surface area contributed by atoms with Gasteiger partial charge in [-0.1, -0.05) is 12.2 Å². The van der Waals surface area contributed by atoms with Crippen LogP contribution in [0.4, 0.5) is 11.4 Å². The number of nitro benzene ring substituents is 1. The fraction of sp³-hybridized carbons (Fsp3) is 0.429. The molecule has 8 heteroatoms. The van der Waals surface area contributed by atoms with Gasteiger partial charge in [0.05, 0.1) is 10.6 Å². The number of rotatable bonds is 3. The molecule has 1 heterocycles. The third-order valence-corrected chi connectivity index (χ3v) is 5.36. The van der Waals surface area contributed by atoms with Crippen LogP contribution in [0.2, 0.25) is 0 Å². The monoisotopic (exact) mass is 323 g/mol. The molecule has 1 aliphatic carbocycles. The molecule has 2 aliphatic rings. The molecule has 2 N–H and O–H groups in total. The number of hydrogen-bond donors (Lipinski definition) is 1. The highest BCUT2D eigenvalue weighted by Gasteiger charge is 2.35. The highest BCUT2D eigenvalue weighted by Crippen LogP contribution is 2.38. The van der Waals surface area contributed by atoms with Crippen molar-refractivity contribution in [2.24, 2.45) is 17.0 Å². The van der Waals surface area contributed by atoms with Crippen LogP contribution in [0.5, 0.6) is 0 Å². The highest BCUT2D eigenvalue weighted by molar-refractivity contribution is 7.89. The molecule has 0 radical (unpaired) electrons. The normalized spacial score (nSPS) is 24.3. The summed E-state index contributed by atoms with van der Waals surface area (Å²) in [6.45, 7) is 1.49. The Morgan fingerprint density at radius 3 is 2.27 bits per heavy atom. The Hall–Kier alpha value is -1.93. The molecule has 22 heavy (non-hydrogen) atoms. The molecular formula is C14H17N3O4S. The fourth-order valence-corrected chi connectivity index (χ4v) is 4.09. The molecule has 1 aliphatic heterocycles. The van der Waals surface area contributed by atoms with Crippen molar-refractivity contribution in [3.63, 3.8) is 0 Å². The predicted molar refractivity (Wildman–Crippen MR) is 82.0 cm³/mol. The van der Waals surface area contributed by atoms with Gasteiger partial charge in [0, 0.05) is 25.2 Å². The van der Waals surface area contributed by atoms with Crippen LogP contribution in [-0.2, 0) is 10.0 Å². The van der Waals surface area contributed by atoms with E-state index in [1.54, 1.807) is 0 Å². The summed E-state index contributed by atoms with van der Waals surface area (Å²) in [5, 5.41) is 16.1. The van der Waals surface area contributed by atoms with Gasteiger partial charge < -0.3 is 4.90 Å². The molecule has 0 amide bonds. The smallest absolute Gasteiger partial charge is 0.270 e. The molecule has 0 bridgehead atoms. The van der Waals surface area contributed by atoms with E-state index in [9.17, 15) is 18.5 Å². The summed E-state index contributed by atoms with van der Waals surface area (Å²) in [6, 6.07) is 3.86. The number of hydrogen-bond acceptors (Lipinski definition) is 5. The number of primary sulfonamides is 1. The van der Waals surface area contributed by atoms with Crippen LogP contribution in [0.3, 0.4) is 0 Å². The van der Waals surface area contributed by atoms with Gasteiger partial charge in [-0.15, -0.1) is 0 Å². The molecule has 1 aromatic rings. The summed E-state index contributed by atoms with van der Waals surface area (Å²) in [5.74, 6) is 0.988. The summed E-state index contributed by atoms with van der Waals surface area (Å²) in [6.07, 6.45) is 6.28. The Morgan fingerprint density at radius 1 is 1.18 bits per heavy atom. The Bertz CT molecular complexity index is 728. The highest BCUT2D eigenvalue weighted by atomic mass is 32.2. The van der Waals surface area contributed by atoms with E-state index in [2.05, 4.69) is 12.2 Å². The zero-order valence-corrected chi connectivity index (χ0v) is 12.7. The van der Waals surface area contributed by atoms with Gasteiger partial charge >= 0.3 is 0 Å². The number of nitro groups is 1. The molecular weight excluding hydrogens is 306 g/mol. The molecule has 1 aromatic carbocycles. The van der Waals surface area contributed by atoms with E-state index in [4.69, 9.17) is 5.14 Å². The fourth-order valence-electron chi connectivity index (χ4n) is 3.32. The van der Waals surface area contributed by atoms with Gasteiger partial charge in [-0.3, -0.25) is 10.1 Å². The van der Waals surface area contributed by atoms with Gasteiger partial charge in [-0.2, -0.15) is 0 Å². The van der Waals surface area contributed by atoms with Crippen molar-refractivity contribution in [3.05, 3.63) is 40.5 Å². The van der Waals surface area contributed by atoms with Crippen molar-refractivity contribution in [1.82, 2.24) is 0 Å². The van der Waals surface area contributed by atoms with Crippen molar-refractivity contribution in [2.45, 2.75) is 17.7 Å². The van der Waals surface area contributed by atoms with Crippen LogP contribution in [0.25, 0.3) is 0 Å². The lowest BCUT2D eigenvalue weighted by Crippen LogP contribution is -2.24. The first-order valence-electron chi connectivity index (χ1n) is 7.07. The Kier molecular flexibility index (Phi) is 3.65. The molecule has 0 aromatic heterocycles. The number of allylic oxidation sites excluding steroid dienone is 2. The maximum atomic E-state index is 11.8. The summed E-state index contributed by atoms with van der Waals surface area (Å²) in [7, 11) is -4.02. The standard InChI is InChI=1S/C14H17N3O4S/c15-22(20,21)14-7-12(17(18)19)5-6-13(14)16-8-10-3-1-2-4-11(10)9-16/h1-2,5-7,10-11H,3-4,8-9H2,(H2,15,20,21). The van der Waals surface area contributed by atoms with Gasteiger partial charge in [0.25, 0.3) is 5.69 Å². The van der Waals surface area contributed by atoms with Crippen molar-refractivity contribution in [3.8, 4) is 0 Å². The number of sulfonamides is 1. The molecule has 1 fully saturated rings. The van der Waals surface area contributed by atoms with Crippen LogP contribution < -0.4 is 10.0 Å². The van der Waals surface area contributed by atoms with E-state index in [1.807, 2.05) is 4.90 Å². The van der Waals surface area contributed by atoms with E-state index in [1.165, 1.54) is 12.1 Å². The van der Waals surface area contributed by atoms with Gasteiger partial charge in [-0.25, -0.2) is 13.6 Å². The molecule has 2 atom stereocenters. The average molecular weight is 323 g/mol. The van der Waals surface area contributed by atoms with E-state index in [0.29, 0.717) is 17.5 Å². The molecule has 3 rings (SSSR count). The second-order valence-corrected chi connectivity index (χ2v) is 7.35. The topological polar surface area (TPSA) is 107 Å². The van der Waals surface area contributed by atoms with Crippen LogP contribution in [0.15, 0.2) is 35.2 Å². The van der Waals surface area contributed by atoms with Crippen molar-refractivity contribution in [2.75, 3.05) is 18.0 Å². The third kappa shape index (κ3) is 2.71. The largest absolute Gasteiger partial charge is 0.370 e. The number of anilines is 1. The van der Waals surface area contributed by atoms with Crippen LogP contribution in [-0.4, -0.2) is 26.4 Å². The summed E-state index contributed by atoms with van der Waals surface area (Å²) >= 11 is 0. The van der Waals surface area contributed by atoms with Crippen molar-refractivity contribution in [1.29, 1.82) is 0 Å². The zero-order valence-electron chi connectivity index (χ0n) is 11.9. The summed E-state index contributed by atoms with van der Waals surface area (Å²) in [4.78, 5) is 12.1. The first-order valence-corrected chi connectivity index (χ1v) is 8.62. The summed E-state index contributed by atoms with van der Waals surface area (Å²) in [5.41, 5.74) is 0.188. The minimum absolute atomic E-state index is 0.173. The number of non-ortho nitro benzene ring substituents is 1. The van der Waals surface area contributed by atoms with E-state index in [-0.39, 0.29) is 10.6 Å². The molecule has 1 saturated heterocycles. The molecule has 118 valence electrons. The lowest BCUT2D eigenvalue weighted by Gasteiger charge is -2.21. The lowest BCUT2D eigenvalue weighted by atomic mass is 9.86. The average Bonchev–Trinajstić information content (AvgIpc) is 2.89. The maximum Gasteiger partial charge on any atom is 0.270 e. The first-order chi connectivity index (χ1) is 10.4. The SMILES string of the molecule is NS(=O)(=O)c1cc([N+](=O)[O-])ccc1N1CC2CC=CCC2C1. The molecule has 7 nitrogen and oxygen atoms in total. The number of benzene rings is 1. The quantitative estimate of drug-likeness (QED) is 0.517. The molecule has 0 spiro atoms. The van der Waals surface area contributed by atoms with E-state index in [0.717, 1.165) is 32.0 Å². The van der Waals surface area contributed by atoms with Gasteiger partial charge in [-0.05, 0) is 30.7 Å². The first kappa shape index (κ1) is 15.0. The van der Waals surface area contributed by atoms with E-state index >= 15 is 0 Å². The number of nitrogens with zero attached hydrogens (tertiary/aromatic N) is 2. The molecule has 0 saturated carbocycles. The summed E-state index contributed by atoms with van der Waals surface area (Å²) < 4.78 is 23.6. The Balaban J connectivity index is 1.99. The second-order valence-electron chi connectivity index (χ2n) is 5.82. The van der Waals surface area contributed by atoms with Gasteiger partial charge in [0.15, 0.2) is 0 Å². The number of fused-ring (bicyclic) bond motifs is 1. The van der Waals surface area contributed by atoms with Crippen molar-refractivity contribution < 1.29 is 13.3 Å². The zero-order chi connectivity index (χ0) is 15.9.